The van der Waals surface area contributed by atoms with Gasteiger partial charge in [-0.3, -0.25) is 0 Å². The number of rotatable bonds is 17. The first-order valence-corrected chi connectivity index (χ1v) is 55.1. The molecule has 0 saturated carbocycles. The number of unbranched alkanes of at least 4 members (excludes halogenated alkanes) is 2. The maximum absolute atomic E-state index is 9.84. The van der Waals surface area contributed by atoms with Gasteiger partial charge in [-0.25, -0.2) is 0 Å². The zero-order valence-electron chi connectivity index (χ0n) is 50.0. The first-order chi connectivity index (χ1) is 35.5. The minimum absolute atomic E-state index is 0.102. The molecule has 3 aliphatic rings. The fourth-order valence-corrected chi connectivity index (χ4v) is 46.4. The quantitative estimate of drug-likeness (QED) is 0.0797. The van der Waals surface area contributed by atoms with Crippen LogP contribution in [0.2, 0.25) is 78.6 Å². The van der Waals surface area contributed by atoms with Gasteiger partial charge in [0.15, 0.2) is 0 Å². The van der Waals surface area contributed by atoms with Gasteiger partial charge in [-0.1, -0.05) is 0 Å². The third-order valence-corrected chi connectivity index (χ3v) is 48.7. The summed E-state index contributed by atoms with van der Waals surface area (Å²) in [5, 5.41) is 9.25. The number of benzene rings is 6. The van der Waals surface area contributed by atoms with Crippen LogP contribution < -0.4 is 34.4 Å². The van der Waals surface area contributed by atoms with Crippen LogP contribution in [-0.4, -0.2) is 41.8 Å². The summed E-state index contributed by atoms with van der Waals surface area (Å²) < 4.78 is 1.14. The Kier molecular flexibility index (Phi) is 16.1. The predicted octanol–water partition coefficient (Wildman–Crippen LogP) is 16.8. The Labute approximate surface area is 476 Å². The van der Waals surface area contributed by atoms with Gasteiger partial charge in [0.25, 0.3) is 0 Å². The molecular weight excluding hydrogens is 1120 g/mol. The molecule has 0 fully saturated rings. The van der Waals surface area contributed by atoms with Gasteiger partial charge in [0, 0.05) is 0 Å². The van der Waals surface area contributed by atoms with Crippen LogP contribution >= 0.6 is 17.0 Å². The molecule has 0 bridgehead atoms. The molecule has 401 valence electrons. The summed E-state index contributed by atoms with van der Waals surface area (Å²) >= 11 is -5.87. The van der Waals surface area contributed by atoms with Crippen LogP contribution in [0.3, 0.4) is 0 Å². The van der Waals surface area contributed by atoms with Crippen LogP contribution in [0, 0.1) is 0 Å². The Morgan fingerprint density at radius 2 is 0.882 bits per heavy atom. The second-order valence-electron chi connectivity index (χ2n) is 28.3. The summed E-state index contributed by atoms with van der Waals surface area (Å²) in [5.41, 5.74) is 19.8. The molecule has 0 spiro atoms. The molecule has 6 aromatic carbocycles. The summed E-state index contributed by atoms with van der Waals surface area (Å²) in [6.07, 6.45) is 11.8. The van der Waals surface area contributed by atoms with Gasteiger partial charge in [0.2, 0.25) is 0 Å². The fourth-order valence-electron chi connectivity index (χ4n) is 13.5. The average Bonchev–Trinajstić information content (AvgIpc) is 4.24. The predicted molar refractivity (Wildman–Crippen MR) is 355 cm³/mol. The molecule has 2 aliphatic carbocycles. The molecule has 2 atom stereocenters. The van der Waals surface area contributed by atoms with Crippen LogP contribution in [0.4, 0.5) is 0 Å². The van der Waals surface area contributed by atoms with E-state index in [4.69, 9.17) is 0 Å². The van der Waals surface area contributed by atoms with Gasteiger partial charge in [-0.05, 0) is 0 Å². The Hall–Kier alpha value is -2.65. The zero-order chi connectivity index (χ0) is 55.3. The Morgan fingerprint density at radius 3 is 1.26 bits per heavy atom. The van der Waals surface area contributed by atoms with Crippen molar-refractivity contribution in [2.45, 2.75) is 178 Å². The standard InChI is InChI=1S/2C28H41Si2.C12H9Si.2ClH.Zr/c2*1-10-11-12-21-15-22-13-14-26(20(2)3)28(27(22)16-21)23-17-24(29(4,5)6)19-25(18-23)30(7,8)9;1-3-7-11-9(5-1)10-6-2-4-8-12(10)13-11;;;/h2*13-20H,10-12H2,1-9H3;1-7H,13H2;2*1H;/q;;;;;+2/p-2. The van der Waals surface area contributed by atoms with Crippen LogP contribution in [0.15, 0.2) is 114 Å². The van der Waals surface area contributed by atoms with Crippen LogP contribution in [-0.2, 0) is 16.4 Å². The van der Waals surface area contributed by atoms with E-state index in [1.165, 1.54) is 91.6 Å². The van der Waals surface area contributed by atoms with E-state index in [-0.39, 0.29) is 7.25 Å². The number of hydrogen-bond acceptors (Lipinski definition) is 0. The molecule has 1 heterocycles. The second kappa shape index (κ2) is 21.0. The molecule has 0 amide bonds. The Balaban J connectivity index is 1.43. The summed E-state index contributed by atoms with van der Waals surface area (Å²) in [4.78, 5) is 0. The summed E-state index contributed by atoms with van der Waals surface area (Å²) in [6, 6.07) is 42.3. The molecule has 2 unspecified atom stereocenters. The van der Waals surface area contributed by atoms with Crippen molar-refractivity contribution in [2.24, 2.45) is 0 Å². The molecule has 0 nitrogen and oxygen atoms in total. The second-order valence-corrected chi connectivity index (χ2v) is 71.0. The molecule has 76 heavy (non-hydrogen) atoms. The van der Waals surface area contributed by atoms with Crippen molar-refractivity contribution in [3.63, 3.8) is 0 Å². The van der Waals surface area contributed by atoms with Crippen molar-refractivity contribution in [2.75, 3.05) is 0 Å². The summed E-state index contributed by atoms with van der Waals surface area (Å²) in [7, 11) is 11.9. The van der Waals surface area contributed by atoms with Crippen molar-refractivity contribution < 1.29 is 16.4 Å². The SMILES string of the molecule is CCCCC1=Cc2c(ccc(C(C)C)c2-c2cc([Si](C)(C)C)cc([Si](C)(C)C)c2)[CH]1[Zr]([Cl])([Cl])([c]1cccc2c1[SiH2]c1ccccc1-2)[CH]1C(CCCC)=Cc2c1ccc(C(C)C)c2-c1cc([Si](C)(C)C)cc([Si](C)(C)C)c1. The van der Waals surface area contributed by atoms with Crippen molar-refractivity contribution in [1.82, 2.24) is 0 Å². The van der Waals surface area contributed by atoms with Crippen molar-refractivity contribution in [3.05, 3.63) is 148 Å². The third-order valence-electron chi connectivity index (χ3n) is 17.9. The van der Waals surface area contributed by atoms with Crippen LogP contribution in [0.25, 0.3) is 45.5 Å². The Morgan fingerprint density at radius 1 is 0.487 bits per heavy atom. The molecule has 9 rings (SSSR count). The maximum atomic E-state index is 9.84. The molecule has 0 saturated heterocycles. The van der Waals surface area contributed by atoms with E-state index in [0.717, 1.165) is 38.5 Å². The van der Waals surface area contributed by atoms with Crippen molar-refractivity contribution in [1.29, 1.82) is 0 Å². The van der Waals surface area contributed by atoms with Crippen molar-refractivity contribution in [3.8, 4) is 33.4 Å². The topological polar surface area (TPSA) is 0 Å². The molecular formula is C68H91Cl2Si5Zr. The molecule has 0 radical (unpaired) electrons. The van der Waals surface area contributed by atoms with E-state index in [2.05, 4.69) is 235 Å². The molecule has 8 heteroatoms. The fraction of sp³-hybridized carbons (Fsp3) is 0.412. The van der Waals surface area contributed by atoms with E-state index in [1.54, 1.807) is 20.7 Å². The van der Waals surface area contributed by atoms with Gasteiger partial charge in [0.05, 0.1) is 0 Å². The first-order valence-electron chi connectivity index (χ1n) is 29.3. The number of fused-ring (bicyclic) bond motifs is 5. The van der Waals surface area contributed by atoms with Crippen LogP contribution in [0.5, 0.6) is 0 Å². The number of hydrogen-bond donors (Lipinski definition) is 0. The molecule has 1 aliphatic heterocycles. The monoisotopic (exact) mass is 1210 g/mol. The van der Waals surface area contributed by atoms with E-state index >= 15 is 0 Å². The average molecular weight is 1210 g/mol. The van der Waals surface area contributed by atoms with Crippen LogP contribution in [0.1, 0.15) is 133 Å². The first kappa shape index (κ1) is 58.0. The molecule has 0 N–H and O–H groups in total. The van der Waals surface area contributed by atoms with E-state index < -0.39 is 58.2 Å². The van der Waals surface area contributed by atoms with Gasteiger partial charge >= 0.3 is 481 Å². The van der Waals surface area contributed by atoms with E-state index in [0.29, 0.717) is 11.8 Å². The molecule has 0 aromatic heterocycles. The van der Waals surface area contributed by atoms with Gasteiger partial charge in [-0.15, -0.1) is 0 Å². The number of halogens is 2. The number of allylic oxidation sites excluding steroid dienone is 2. The van der Waals surface area contributed by atoms with Gasteiger partial charge in [0.1, 0.15) is 0 Å². The third kappa shape index (κ3) is 10.4. The van der Waals surface area contributed by atoms with E-state index in [9.17, 15) is 17.0 Å². The molecule has 6 aromatic rings. The Bertz CT molecular complexity index is 3080. The van der Waals surface area contributed by atoms with E-state index in [1.807, 2.05) is 0 Å². The summed E-state index contributed by atoms with van der Waals surface area (Å²) in [5.74, 6) is 0.683. The van der Waals surface area contributed by atoms with Gasteiger partial charge < -0.3 is 0 Å². The van der Waals surface area contributed by atoms with Crippen molar-refractivity contribution >= 4 is 105 Å². The minimum atomic E-state index is -5.87. The normalized spacial score (nSPS) is 17.4. The zero-order valence-corrected chi connectivity index (χ0v) is 59.4. The van der Waals surface area contributed by atoms with Gasteiger partial charge in [-0.2, -0.15) is 0 Å². The summed E-state index contributed by atoms with van der Waals surface area (Å²) in [6.45, 7) is 44.6.